The van der Waals surface area contributed by atoms with Crippen molar-refractivity contribution in [1.29, 1.82) is 0 Å². The summed E-state index contributed by atoms with van der Waals surface area (Å²) in [5.41, 5.74) is 0. The molecule has 0 saturated heterocycles. The Hall–Kier alpha value is -1.21. The molecule has 0 saturated carbocycles. The van der Waals surface area contributed by atoms with E-state index in [1.54, 1.807) is 0 Å². The van der Waals surface area contributed by atoms with Crippen LogP contribution in [0.1, 0.15) is 187 Å². The Morgan fingerprint density at radius 2 is 1.04 bits per heavy atom. The predicted molar refractivity (Wildman–Crippen MR) is 191 cm³/mol. The van der Waals surface area contributed by atoms with Crippen molar-refractivity contribution in [3.8, 4) is 0 Å². The number of carbonyl (C=O) groups excluding carboxylic acids is 2. The maximum atomic E-state index is 12.6. The lowest BCUT2D eigenvalue weighted by Gasteiger charge is -2.21. The summed E-state index contributed by atoms with van der Waals surface area (Å²) in [6.45, 7) is 8.26. The van der Waals surface area contributed by atoms with E-state index >= 15 is 0 Å². The topological polar surface area (TPSA) is 76.1 Å². The molecule has 7 heteroatoms. The molecule has 0 radical (unpaired) electrons. The number of esters is 2. The molecule has 0 rings (SSSR count). The number of nitrogens with zero attached hydrogens (tertiary/aromatic N) is 1. The smallest absolute Gasteiger partial charge is 0.308 e. The van der Waals surface area contributed by atoms with Crippen molar-refractivity contribution in [1.82, 2.24) is 4.90 Å². The van der Waals surface area contributed by atoms with E-state index < -0.39 is 0 Å². The third-order valence-electron chi connectivity index (χ3n) is 9.07. The Balaban J connectivity index is 3.75. The lowest BCUT2D eigenvalue weighted by atomic mass is 9.95. The van der Waals surface area contributed by atoms with Crippen LogP contribution >= 0.6 is 0 Å². The summed E-state index contributed by atoms with van der Waals surface area (Å²) >= 11 is 0. The van der Waals surface area contributed by atoms with E-state index in [4.69, 9.17) is 9.47 Å². The standard InChI is InChI=1S/C39H76FNO5/c1-3-5-7-8-10-18-25-35-45-38(43)29-21-13-12-17-24-32-41(33-34-42)31-23-16-9-11-19-26-36-46-39(44)37(27-6-4-2)28-20-14-15-22-30-40/h37,42H,3-36H2,1-2H3. The normalized spacial score (nSPS) is 12.1. The molecule has 0 heterocycles. The third-order valence-corrected chi connectivity index (χ3v) is 9.07. The molecule has 0 aromatic carbocycles. The zero-order chi connectivity index (χ0) is 33.8. The highest BCUT2D eigenvalue weighted by Gasteiger charge is 2.19. The predicted octanol–water partition coefficient (Wildman–Crippen LogP) is 10.5. The van der Waals surface area contributed by atoms with Gasteiger partial charge in [0.05, 0.1) is 32.4 Å². The molecule has 0 aromatic heterocycles. The van der Waals surface area contributed by atoms with E-state index in [1.165, 1.54) is 51.4 Å². The van der Waals surface area contributed by atoms with Gasteiger partial charge in [0.1, 0.15) is 0 Å². The van der Waals surface area contributed by atoms with E-state index in [0.717, 1.165) is 129 Å². The van der Waals surface area contributed by atoms with Crippen LogP contribution in [-0.2, 0) is 19.1 Å². The fraction of sp³-hybridized carbons (Fsp3) is 0.949. The SMILES string of the molecule is CCCCCCCCCOC(=O)CCCCCCCN(CCO)CCCCCCCCOC(=O)C(CCCC)CCCCCCF. The van der Waals surface area contributed by atoms with Gasteiger partial charge in [-0.1, -0.05) is 129 Å². The number of halogens is 1. The average molecular weight is 658 g/mol. The molecule has 1 N–H and O–H groups in total. The van der Waals surface area contributed by atoms with Gasteiger partial charge in [0.15, 0.2) is 0 Å². The second-order valence-corrected chi connectivity index (χ2v) is 13.4. The van der Waals surface area contributed by atoms with Gasteiger partial charge in [-0.05, 0) is 64.5 Å². The van der Waals surface area contributed by atoms with Gasteiger partial charge >= 0.3 is 11.9 Å². The summed E-state index contributed by atoms with van der Waals surface area (Å²) in [5, 5.41) is 9.48. The lowest BCUT2D eigenvalue weighted by Crippen LogP contribution is -2.29. The van der Waals surface area contributed by atoms with Crippen molar-refractivity contribution in [3.63, 3.8) is 0 Å². The average Bonchev–Trinajstić information content (AvgIpc) is 3.05. The van der Waals surface area contributed by atoms with Crippen LogP contribution in [0.25, 0.3) is 0 Å². The number of alkyl halides is 1. The molecular formula is C39H76FNO5. The number of aliphatic hydroxyl groups excluding tert-OH is 1. The zero-order valence-corrected chi connectivity index (χ0v) is 30.5. The first-order valence-electron chi connectivity index (χ1n) is 19.8. The Kier molecular flexibility index (Phi) is 35.7. The Morgan fingerprint density at radius 3 is 1.63 bits per heavy atom. The molecule has 1 atom stereocenters. The van der Waals surface area contributed by atoms with E-state index in [2.05, 4.69) is 18.7 Å². The number of rotatable bonds is 37. The number of hydrogen-bond acceptors (Lipinski definition) is 6. The van der Waals surface area contributed by atoms with Crippen molar-refractivity contribution in [2.24, 2.45) is 5.92 Å². The summed E-state index contributed by atoms with van der Waals surface area (Å²) in [6.07, 6.45) is 28.8. The number of aliphatic hydroxyl groups is 1. The summed E-state index contributed by atoms with van der Waals surface area (Å²) in [4.78, 5) is 26.9. The molecule has 0 aromatic rings. The summed E-state index contributed by atoms with van der Waals surface area (Å²) in [6, 6.07) is 0. The maximum Gasteiger partial charge on any atom is 0.308 e. The van der Waals surface area contributed by atoms with E-state index in [1.807, 2.05) is 0 Å². The Bertz CT molecular complexity index is 650. The van der Waals surface area contributed by atoms with Crippen LogP contribution in [0.5, 0.6) is 0 Å². The first-order valence-corrected chi connectivity index (χ1v) is 19.8. The maximum absolute atomic E-state index is 12.6. The fourth-order valence-electron chi connectivity index (χ4n) is 6.03. The van der Waals surface area contributed by atoms with Gasteiger partial charge in [-0.25, -0.2) is 0 Å². The van der Waals surface area contributed by atoms with Crippen molar-refractivity contribution in [2.75, 3.05) is 46.1 Å². The van der Waals surface area contributed by atoms with Crippen LogP contribution in [0.4, 0.5) is 4.39 Å². The fourth-order valence-corrected chi connectivity index (χ4v) is 6.03. The highest BCUT2D eigenvalue weighted by molar-refractivity contribution is 5.72. The summed E-state index contributed by atoms with van der Waals surface area (Å²) < 4.78 is 23.3. The molecule has 274 valence electrons. The number of carbonyl (C=O) groups is 2. The first-order chi connectivity index (χ1) is 22.6. The minimum atomic E-state index is -0.244. The quantitative estimate of drug-likeness (QED) is 0.0529. The van der Waals surface area contributed by atoms with Gasteiger partial charge in [-0.2, -0.15) is 0 Å². The van der Waals surface area contributed by atoms with Gasteiger partial charge in [0, 0.05) is 13.0 Å². The third kappa shape index (κ3) is 31.4. The van der Waals surface area contributed by atoms with Gasteiger partial charge in [0.2, 0.25) is 0 Å². The second kappa shape index (κ2) is 36.6. The second-order valence-electron chi connectivity index (χ2n) is 13.4. The van der Waals surface area contributed by atoms with Crippen molar-refractivity contribution < 1.29 is 28.6 Å². The summed E-state index contributed by atoms with van der Waals surface area (Å²) in [7, 11) is 0. The van der Waals surface area contributed by atoms with Crippen molar-refractivity contribution in [3.05, 3.63) is 0 Å². The Morgan fingerprint density at radius 1 is 0.565 bits per heavy atom. The zero-order valence-electron chi connectivity index (χ0n) is 30.5. The number of hydrogen-bond donors (Lipinski definition) is 1. The molecule has 1 unspecified atom stereocenters. The van der Waals surface area contributed by atoms with Crippen LogP contribution in [0.15, 0.2) is 0 Å². The van der Waals surface area contributed by atoms with E-state index in [-0.39, 0.29) is 31.1 Å². The van der Waals surface area contributed by atoms with E-state index in [9.17, 15) is 19.1 Å². The van der Waals surface area contributed by atoms with Crippen LogP contribution in [0.2, 0.25) is 0 Å². The van der Waals surface area contributed by atoms with Crippen LogP contribution < -0.4 is 0 Å². The molecule has 6 nitrogen and oxygen atoms in total. The highest BCUT2D eigenvalue weighted by atomic mass is 19.1. The lowest BCUT2D eigenvalue weighted by molar-refractivity contribution is -0.149. The molecule has 46 heavy (non-hydrogen) atoms. The van der Waals surface area contributed by atoms with Gasteiger partial charge in [-0.15, -0.1) is 0 Å². The van der Waals surface area contributed by atoms with Crippen molar-refractivity contribution in [2.45, 2.75) is 187 Å². The highest BCUT2D eigenvalue weighted by Crippen LogP contribution is 2.19. The molecular weight excluding hydrogens is 581 g/mol. The molecule has 0 aliphatic rings. The van der Waals surface area contributed by atoms with E-state index in [0.29, 0.717) is 26.1 Å². The monoisotopic (exact) mass is 658 g/mol. The molecule has 0 spiro atoms. The minimum absolute atomic E-state index is 0.00665. The summed E-state index contributed by atoms with van der Waals surface area (Å²) in [5.74, 6) is -0.0615. The number of ether oxygens (including phenoxy) is 2. The van der Waals surface area contributed by atoms with Gasteiger partial charge in [0.25, 0.3) is 0 Å². The van der Waals surface area contributed by atoms with Crippen molar-refractivity contribution >= 4 is 11.9 Å². The number of unbranched alkanes of at least 4 members (excludes halogenated alkanes) is 19. The van der Waals surface area contributed by atoms with Crippen LogP contribution in [0, 0.1) is 5.92 Å². The molecule has 0 bridgehead atoms. The Labute approximate surface area is 284 Å². The van der Waals surface area contributed by atoms with Crippen LogP contribution in [-0.4, -0.2) is 68.1 Å². The van der Waals surface area contributed by atoms with Crippen LogP contribution in [0.3, 0.4) is 0 Å². The first kappa shape index (κ1) is 44.8. The minimum Gasteiger partial charge on any atom is -0.466 e. The largest absolute Gasteiger partial charge is 0.466 e. The molecule has 0 amide bonds. The van der Waals surface area contributed by atoms with Gasteiger partial charge < -0.3 is 19.5 Å². The molecule has 0 fully saturated rings. The molecule has 0 aliphatic carbocycles. The van der Waals surface area contributed by atoms with Gasteiger partial charge in [-0.3, -0.25) is 14.0 Å². The molecule has 0 aliphatic heterocycles.